The zero-order chi connectivity index (χ0) is 20.0. The van der Waals surface area contributed by atoms with E-state index in [0.717, 1.165) is 27.8 Å². The van der Waals surface area contributed by atoms with Crippen LogP contribution in [0.2, 0.25) is 0 Å². The summed E-state index contributed by atoms with van der Waals surface area (Å²) in [7, 11) is 0. The number of amides is 2. The number of fused-ring (bicyclic) bond motifs is 2. The van der Waals surface area contributed by atoms with Crippen LogP contribution in [-0.2, 0) is 6.42 Å². The van der Waals surface area contributed by atoms with E-state index in [9.17, 15) is 9.18 Å². The third-order valence-corrected chi connectivity index (χ3v) is 5.59. The zero-order valence-electron chi connectivity index (χ0n) is 15.6. The number of aromatic nitrogens is 2. The van der Waals surface area contributed by atoms with Crippen molar-refractivity contribution in [2.75, 3.05) is 6.54 Å². The molecule has 1 aliphatic heterocycles. The molecule has 3 heterocycles. The van der Waals surface area contributed by atoms with Gasteiger partial charge in [0.1, 0.15) is 11.5 Å². The number of pyridine rings is 1. The largest absolute Gasteiger partial charge is 0.351 e. The van der Waals surface area contributed by atoms with Gasteiger partial charge < -0.3 is 15.6 Å². The lowest BCUT2D eigenvalue weighted by atomic mass is 9.86. The van der Waals surface area contributed by atoms with Gasteiger partial charge in [-0.05, 0) is 34.7 Å². The highest BCUT2D eigenvalue weighted by molar-refractivity contribution is 5.83. The summed E-state index contributed by atoms with van der Waals surface area (Å²) in [6.07, 6.45) is 3.68. The molecule has 4 aromatic rings. The fourth-order valence-corrected chi connectivity index (χ4v) is 4.23. The standard InChI is InChI=1S/C23H19FN4O/c24-17-11-19-20(13-27-22(19)26-12-17)21-18-7-6-15(14-4-2-1-3-5-14)10-16(18)8-9-28(21)23(25)29/h1-7,10-13,21H,8-9H2,(H2,25,29)(H,26,27). The van der Waals surface area contributed by atoms with E-state index in [-0.39, 0.29) is 0 Å². The molecule has 0 saturated carbocycles. The highest BCUT2D eigenvalue weighted by Gasteiger charge is 2.33. The van der Waals surface area contributed by atoms with Crippen molar-refractivity contribution in [2.45, 2.75) is 12.5 Å². The normalized spacial score (nSPS) is 16.0. The topological polar surface area (TPSA) is 75.0 Å². The fraction of sp³-hybridized carbons (Fsp3) is 0.130. The molecule has 144 valence electrons. The molecular weight excluding hydrogens is 367 g/mol. The van der Waals surface area contributed by atoms with Crippen LogP contribution in [0.3, 0.4) is 0 Å². The lowest BCUT2D eigenvalue weighted by Crippen LogP contribution is -2.43. The number of carbonyl (C=O) groups is 1. The average Bonchev–Trinajstić information content (AvgIpc) is 3.15. The Morgan fingerprint density at radius 3 is 2.72 bits per heavy atom. The molecule has 0 spiro atoms. The fourth-order valence-electron chi connectivity index (χ4n) is 4.23. The van der Waals surface area contributed by atoms with Gasteiger partial charge in [-0.3, -0.25) is 0 Å². The summed E-state index contributed by atoms with van der Waals surface area (Å²) in [5, 5.41) is 0.654. The van der Waals surface area contributed by atoms with Gasteiger partial charge in [0.25, 0.3) is 0 Å². The first-order valence-electron chi connectivity index (χ1n) is 9.48. The molecule has 5 rings (SSSR count). The van der Waals surface area contributed by atoms with Crippen LogP contribution >= 0.6 is 0 Å². The maximum atomic E-state index is 13.9. The molecule has 1 aliphatic rings. The van der Waals surface area contributed by atoms with Gasteiger partial charge in [-0.1, -0.05) is 48.5 Å². The quantitative estimate of drug-likeness (QED) is 0.536. The van der Waals surface area contributed by atoms with Gasteiger partial charge in [-0.25, -0.2) is 14.2 Å². The van der Waals surface area contributed by atoms with E-state index in [1.807, 2.05) is 24.3 Å². The smallest absolute Gasteiger partial charge is 0.315 e. The van der Waals surface area contributed by atoms with Crippen molar-refractivity contribution in [1.29, 1.82) is 0 Å². The summed E-state index contributed by atoms with van der Waals surface area (Å²) in [4.78, 5) is 21.0. The Bertz CT molecular complexity index is 1220. The second-order valence-electron chi connectivity index (χ2n) is 7.26. The van der Waals surface area contributed by atoms with Crippen molar-refractivity contribution in [3.63, 3.8) is 0 Å². The number of nitrogens with zero attached hydrogens (tertiary/aromatic N) is 2. The first-order chi connectivity index (χ1) is 14.1. The number of nitrogens with two attached hydrogens (primary N) is 1. The predicted octanol–water partition coefficient (Wildman–Crippen LogP) is 4.40. The van der Waals surface area contributed by atoms with Crippen molar-refractivity contribution in [3.05, 3.63) is 89.5 Å². The third-order valence-electron chi connectivity index (χ3n) is 5.59. The van der Waals surface area contributed by atoms with Gasteiger partial charge in [0.15, 0.2) is 0 Å². The van der Waals surface area contributed by atoms with Crippen LogP contribution in [0.4, 0.5) is 9.18 Å². The zero-order valence-corrected chi connectivity index (χ0v) is 15.6. The molecule has 6 heteroatoms. The molecule has 2 aromatic carbocycles. The summed E-state index contributed by atoms with van der Waals surface area (Å²) in [6, 6.07) is 17.0. The van der Waals surface area contributed by atoms with Crippen LogP contribution in [0.1, 0.15) is 22.7 Å². The second-order valence-corrected chi connectivity index (χ2v) is 7.26. The van der Waals surface area contributed by atoms with E-state index in [0.29, 0.717) is 24.0 Å². The van der Waals surface area contributed by atoms with Gasteiger partial charge in [0, 0.05) is 23.7 Å². The monoisotopic (exact) mass is 386 g/mol. The minimum absolute atomic E-state index is 0.390. The number of H-pyrrole nitrogens is 1. The number of aromatic amines is 1. The number of hydrogen-bond donors (Lipinski definition) is 2. The Kier molecular flexibility index (Phi) is 4.05. The Hall–Kier alpha value is -3.67. The summed E-state index contributed by atoms with van der Waals surface area (Å²) >= 11 is 0. The summed E-state index contributed by atoms with van der Waals surface area (Å²) in [6.45, 7) is 0.501. The van der Waals surface area contributed by atoms with E-state index in [1.165, 1.54) is 12.3 Å². The summed E-state index contributed by atoms with van der Waals surface area (Å²) in [5.41, 5.74) is 11.5. The first-order valence-corrected chi connectivity index (χ1v) is 9.48. The lowest BCUT2D eigenvalue weighted by Gasteiger charge is -2.36. The Morgan fingerprint density at radius 1 is 1.10 bits per heavy atom. The summed E-state index contributed by atoms with van der Waals surface area (Å²) in [5.74, 6) is -0.417. The minimum atomic E-state index is -0.494. The third kappa shape index (κ3) is 2.93. The van der Waals surface area contributed by atoms with E-state index in [2.05, 4.69) is 34.2 Å². The van der Waals surface area contributed by atoms with Gasteiger partial charge in [0.2, 0.25) is 0 Å². The minimum Gasteiger partial charge on any atom is -0.351 e. The molecule has 2 aromatic heterocycles. The number of rotatable bonds is 2. The SMILES string of the molecule is NC(=O)N1CCc2cc(-c3ccccc3)ccc2C1c1c[nH]c2ncc(F)cc12. The average molecular weight is 386 g/mol. The predicted molar refractivity (Wildman–Crippen MR) is 110 cm³/mol. The molecule has 0 radical (unpaired) electrons. The first kappa shape index (κ1) is 17.4. The number of nitrogens with one attached hydrogen (secondary N) is 1. The van der Waals surface area contributed by atoms with Crippen molar-refractivity contribution >= 4 is 17.1 Å². The van der Waals surface area contributed by atoms with Crippen LogP contribution in [0, 0.1) is 5.82 Å². The van der Waals surface area contributed by atoms with Crippen molar-refractivity contribution in [1.82, 2.24) is 14.9 Å². The molecular formula is C23H19FN4O. The maximum absolute atomic E-state index is 13.9. The molecule has 0 saturated heterocycles. The number of primary amides is 1. The highest BCUT2D eigenvalue weighted by Crippen LogP contribution is 2.39. The van der Waals surface area contributed by atoms with Crippen molar-refractivity contribution in [3.8, 4) is 11.1 Å². The van der Waals surface area contributed by atoms with Crippen LogP contribution in [0.5, 0.6) is 0 Å². The van der Waals surface area contributed by atoms with Crippen LogP contribution in [-0.4, -0.2) is 27.4 Å². The van der Waals surface area contributed by atoms with Gasteiger partial charge >= 0.3 is 6.03 Å². The van der Waals surface area contributed by atoms with E-state index in [4.69, 9.17) is 5.73 Å². The molecule has 5 nitrogen and oxygen atoms in total. The highest BCUT2D eigenvalue weighted by atomic mass is 19.1. The summed E-state index contributed by atoms with van der Waals surface area (Å²) < 4.78 is 13.9. The van der Waals surface area contributed by atoms with E-state index < -0.39 is 17.9 Å². The number of halogens is 1. The van der Waals surface area contributed by atoms with Crippen LogP contribution < -0.4 is 5.73 Å². The van der Waals surface area contributed by atoms with Gasteiger partial charge in [-0.15, -0.1) is 0 Å². The lowest BCUT2D eigenvalue weighted by molar-refractivity contribution is 0.190. The molecule has 1 atom stereocenters. The van der Waals surface area contributed by atoms with Crippen molar-refractivity contribution in [2.24, 2.45) is 5.73 Å². The molecule has 1 unspecified atom stereocenters. The van der Waals surface area contributed by atoms with Crippen LogP contribution in [0.25, 0.3) is 22.2 Å². The second kappa shape index (κ2) is 6.74. The molecule has 0 bridgehead atoms. The Balaban J connectivity index is 1.67. The molecule has 3 N–H and O–H groups in total. The molecule has 29 heavy (non-hydrogen) atoms. The molecule has 0 aliphatic carbocycles. The number of urea groups is 1. The Labute approximate surface area is 167 Å². The maximum Gasteiger partial charge on any atom is 0.315 e. The van der Waals surface area contributed by atoms with Crippen LogP contribution in [0.15, 0.2) is 67.0 Å². The molecule has 0 fully saturated rings. The van der Waals surface area contributed by atoms with Gasteiger partial charge in [-0.2, -0.15) is 0 Å². The number of benzene rings is 2. The van der Waals surface area contributed by atoms with Gasteiger partial charge in [0.05, 0.1) is 12.2 Å². The number of carbonyl (C=O) groups excluding carboxylic acids is 1. The Morgan fingerprint density at radius 2 is 1.93 bits per heavy atom. The van der Waals surface area contributed by atoms with Crippen molar-refractivity contribution < 1.29 is 9.18 Å². The van der Waals surface area contributed by atoms with E-state index >= 15 is 0 Å². The molecule has 2 amide bonds. The van der Waals surface area contributed by atoms with E-state index in [1.54, 1.807) is 11.1 Å². The number of hydrogen-bond acceptors (Lipinski definition) is 2.